The lowest BCUT2D eigenvalue weighted by molar-refractivity contribution is 0.319. The zero-order chi connectivity index (χ0) is 12.1. The van der Waals surface area contributed by atoms with Gasteiger partial charge in [0.15, 0.2) is 0 Å². The van der Waals surface area contributed by atoms with Crippen LogP contribution in [-0.4, -0.2) is 17.5 Å². The maximum atomic E-state index is 8.73. The summed E-state index contributed by atoms with van der Waals surface area (Å²) in [4.78, 5) is 3.14. The van der Waals surface area contributed by atoms with Crippen molar-refractivity contribution in [2.45, 2.75) is 12.8 Å². The lowest BCUT2D eigenvalue weighted by atomic mass is 10.1. The first-order valence-electron chi connectivity index (χ1n) is 5.51. The molecule has 0 aliphatic heterocycles. The van der Waals surface area contributed by atoms with Crippen molar-refractivity contribution in [1.29, 1.82) is 5.26 Å². The van der Waals surface area contributed by atoms with Gasteiger partial charge in [-0.2, -0.15) is 5.26 Å². The molecule has 0 unspecified atom stereocenters. The maximum Gasteiger partial charge on any atom is 0.120 e. The number of benzene rings is 1. The highest BCUT2D eigenvalue weighted by Crippen LogP contribution is 2.24. The minimum Gasteiger partial charge on any atom is -0.494 e. The van der Waals surface area contributed by atoms with Crippen molar-refractivity contribution < 1.29 is 4.74 Å². The molecule has 1 heterocycles. The van der Waals surface area contributed by atoms with Crippen molar-refractivity contribution >= 4 is 22.5 Å². The molecule has 0 aliphatic carbocycles. The molecule has 0 bridgehead atoms. The van der Waals surface area contributed by atoms with Crippen LogP contribution in [0.3, 0.4) is 0 Å². The van der Waals surface area contributed by atoms with Crippen LogP contribution in [0.2, 0.25) is 0 Å². The van der Waals surface area contributed by atoms with E-state index in [9.17, 15) is 0 Å². The molecule has 0 spiro atoms. The number of nitrogens with zero attached hydrogens (tertiary/aromatic N) is 1. The Balaban J connectivity index is 2.22. The molecule has 2 aromatic rings. The minimum absolute atomic E-state index is 0.408. The molecule has 4 heteroatoms. The normalized spacial score (nSPS) is 10.4. The lowest BCUT2D eigenvalue weighted by Gasteiger charge is -2.05. The van der Waals surface area contributed by atoms with Gasteiger partial charge in [-0.1, -0.05) is 0 Å². The highest BCUT2D eigenvalue weighted by molar-refractivity contribution is 6.17. The summed E-state index contributed by atoms with van der Waals surface area (Å²) in [6, 6.07) is 8.01. The van der Waals surface area contributed by atoms with E-state index in [1.165, 1.54) is 0 Å². The van der Waals surface area contributed by atoms with E-state index in [4.69, 9.17) is 21.6 Å². The summed E-state index contributed by atoms with van der Waals surface area (Å²) in [5.74, 6) is 1.42. The Labute approximate surface area is 105 Å². The van der Waals surface area contributed by atoms with E-state index >= 15 is 0 Å². The van der Waals surface area contributed by atoms with E-state index in [2.05, 4.69) is 11.1 Å². The summed E-state index contributed by atoms with van der Waals surface area (Å²) in [6.45, 7) is 0.618. The topological polar surface area (TPSA) is 48.8 Å². The van der Waals surface area contributed by atoms with Crippen LogP contribution >= 0.6 is 11.6 Å². The molecule has 1 aromatic carbocycles. The van der Waals surface area contributed by atoms with Gasteiger partial charge in [0.05, 0.1) is 19.1 Å². The molecule has 1 aromatic heterocycles. The number of aromatic nitrogens is 1. The summed E-state index contributed by atoms with van der Waals surface area (Å²) in [5.41, 5.74) is 2.03. The van der Waals surface area contributed by atoms with Gasteiger partial charge >= 0.3 is 0 Å². The van der Waals surface area contributed by atoms with E-state index in [1.54, 1.807) is 0 Å². The van der Waals surface area contributed by atoms with E-state index in [1.807, 2.05) is 24.4 Å². The Morgan fingerprint density at radius 2 is 2.29 bits per heavy atom. The molecule has 3 nitrogen and oxygen atoms in total. The monoisotopic (exact) mass is 248 g/mol. The summed E-state index contributed by atoms with van der Waals surface area (Å²) >= 11 is 5.59. The zero-order valence-electron chi connectivity index (χ0n) is 9.37. The highest BCUT2D eigenvalue weighted by atomic mass is 35.5. The van der Waals surface area contributed by atoms with Gasteiger partial charge < -0.3 is 9.72 Å². The third-order valence-corrected chi connectivity index (χ3v) is 2.82. The zero-order valence-corrected chi connectivity index (χ0v) is 10.1. The number of hydrogen-bond acceptors (Lipinski definition) is 2. The number of aromatic amines is 1. The number of H-pyrrole nitrogens is 1. The Bertz CT molecular complexity index is 542. The molecule has 0 atom stereocenters. The predicted molar refractivity (Wildman–Crippen MR) is 68.4 cm³/mol. The Morgan fingerprint density at radius 3 is 3.06 bits per heavy atom. The molecular formula is C13H13ClN2O. The third-order valence-electron chi connectivity index (χ3n) is 2.56. The number of halogens is 1. The first-order valence-corrected chi connectivity index (χ1v) is 6.04. The van der Waals surface area contributed by atoms with Crippen LogP contribution in [0.25, 0.3) is 10.9 Å². The van der Waals surface area contributed by atoms with Gasteiger partial charge in [-0.25, -0.2) is 0 Å². The van der Waals surface area contributed by atoms with Crippen molar-refractivity contribution in [2.75, 3.05) is 12.5 Å². The lowest BCUT2D eigenvalue weighted by Crippen LogP contribution is -1.97. The number of nitriles is 1. The fourth-order valence-corrected chi connectivity index (χ4v) is 1.83. The van der Waals surface area contributed by atoms with Crippen LogP contribution < -0.4 is 4.74 Å². The molecule has 17 heavy (non-hydrogen) atoms. The second kappa shape index (κ2) is 5.60. The molecule has 0 fully saturated rings. The third kappa shape index (κ3) is 2.72. The second-order valence-corrected chi connectivity index (χ2v) is 4.13. The molecule has 88 valence electrons. The number of alkyl halides is 1. The molecule has 0 radical (unpaired) electrons. The molecule has 0 aliphatic rings. The van der Waals surface area contributed by atoms with Crippen molar-refractivity contribution in [2.24, 2.45) is 0 Å². The van der Waals surface area contributed by atoms with Crippen LogP contribution in [0.5, 0.6) is 5.75 Å². The minimum atomic E-state index is 0.408. The fourth-order valence-electron chi connectivity index (χ4n) is 1.72. The van der Waals surface area contributed by atoms with Gasteiger partial charge in [-0.15, -0.1) is 11.6 Å². The average Bonchev–Trinajstić information content (AvgIpc) is 2.73. The van der Waals surface area contributed by atoms with Crippen LogP contribution in [0.1, 0.15) is 12.0 Å². The molecule has 1 N–H and O–H groups in total. The number of fused-ring (bicyclic) bond motifs is 1. The van der Waals surface area contributed by atoms with Gasteiger partial charge in [0.25, 0.3) is 0 Å². The smallest absolute Gasteiger partial charge is 0.120 e. The van der Waals surface area contributed by atoms with E-state index in [0.717, 1.165) is 28.6 Å². The summed E-state index contributed by atoms with van der Waals surface area (Å²) in [5, 5.41) is 9.78. The molecule has 0 saturated carbocycles. The van der Waals surface area contributed by atoms with Crippen molar-refractivity contribution in [3.05, 3.63) is 30.0 Å². The van der Waals surface area contributed by atoms with Gasteiger partial charge in [-0.05, 0) is 30.2 Å². The first kappa shape index (κ1) is 11.8. The molecule has 2 rings (SSSR count). The van der Waals surface area contributed by atoms with Crippen LogP contribution in [0.4, 0.5) is 0 Å². The first-order chi connectivity index (χ1) is 8.35. The SMILES string of the molecule is N#CCc1c[nH]c2ccc(OCCCCl)cc12. The molecule has 0 saturated heterocycles. The van der Waals surface area contributed by atoms with Crippen molar-refractivity contribution in [3.63, 3.8) is 0 Å². The van der Waals surface area contributed by atoms with Gasteiger partial charge in [0, 0.05) is 23.0 Å². The highest BCUT2D eigenvalue weighted by Gasteiger charge is 2.04. The van der Waals surface area contributed by atoms with Gasteiger partial charge in [-0.3, -0.25) is 0 Å². The fraction of sp³-hybridized carbons (Fsp3) is 0.308. The summed E-state index contributed by atoms with van der Waals surface area (Å²) in [6.07, 6.45) is 3.11. The van der Waals surface area contributed by atoms with E-state index < -0.39 is 0 Å². The van der Waals surface area contributed by atoms with Crippen molar-refractivity contribution in [3.8, 4) is 11.8 Å². The van der Waals surface area contributed by atoms with Crippen molar-refractivity contribution in [1.82, 2.24) is 4.98 Å². The maximum absolute atomic E-state index is 8.73. The predicted octanol–water partition coefficient (Wildman–Crippen LogP) is 3.24. The summed E-state index contributed by atoms with van der Waals surface area (Å²) in [7, 11) is 0. The Morgan fingerprint density at radius 1 is 1.41 bits per heavy atom. The quantitative estimate of drug-likeness (QED) is 0.652. The average molecular weight is 249 g/mol. The van der Waals surface area contributed by atoms with E-state index in [-0.39, 0.29) is 0 Å². The van der Waals surface area contributed by atoms with Gasteiger partial charge in [0.2, 0.25) is 0 Å². The number of nitrogens with one attached hydrogen (secondary N) is 1. The van der Waals surface area contributed by atoms with Crippen LogP contribution in [0.15, 0.2) is 24.4 Å². The number of rotatable bonds is 5. The number of hydrogen-bond donors (Lipinski definition) is 1. The largest absolute Gasteiger partial charge is 0.494 e. The van der Waals surface area contributed by atoms with Crippen LogP contribution in [0, 0.1) is 11.3 Å². The standard InChI is InChI=1S/C13H13ClN2O/c14-5-1-7-17-11-2-3-13-12(8-11)10(4-6-15)9-16-13/h2-3,8-9,16H,1,4-5,7H2. The number of ether oxygens (including phenoxy) is 1. The summed E-state index contributed by atoms with van der Waals surface area (Å²) < 4.78 is 5.58. The van der Waals surface area contributed by atoms with Gasteiger partial charge in [0.1, 0.15) is 5.75 Å². The Hall–Kier alpha value is -1.66. The van der Waals surface area contributed by atoms with Crippen LogP contribution in [-0.2, 0) is 6.42 Å². The Kier molecular flexibility index (Phi) is 3.89. The molecular weight excluding hydrogens is 236 g/mol. The molecule has 0 amide bonds. The van der Waals surface area contributed by atoms with E-state index in [0.29, 0.717) is 18.9 Å². The second-order valence-electron chi connectivity index (χ2n) is 3.75.